The minimum absolute atomic E-state index is 0.318. The molecule has 0 aliphatic rings. The third kappa shape index (κ3) is 2.07. The van der Waals surface area contributed by atoms with Gasteiger partial charge in [-0.05, 0) is 6.07 Å². The number of nitrogens with two attached hydrogens (primary N) is 1. The predicted octanol–water partition coefficient (Wildman–Crippen LogP) is 0.380. The molecule has 0 fully saturated rings. The monoisotopic (exact) mass is 200 g/mol. The fourth-order valence-corrected chi connectivity index (χ4v) is 1.05. The summed E-state index contributed by atoms with van der Waals surface area (Å²) < 4.78 is 0. The predicted molar refractivity (Wildman–Crippen MR) is 50.4 cm³/mol. The third-order valence-corrected chi connectivity index (χ3v) is 1.72. The molecule has 0 radical (unpaired) electrons. The zero-order chi connectivity index (χ0) is 9.84. The highest BCUT2D eigenvalue weighted by atomic mass is 35.5. The molecule has 0 spiro atoms. The molecule has 0 saturated heterocycles. The zero-order valence-electron chi connectivity index (χ0n) is 6.97. The number of halogens is 1. The van der Waals surface area contributed by atoms with Crippen LogP contribution in [0.4, 0.5) is 5.69 Å². The van der Waals surface area contributed by atoms with Gasteiger partial charge in [-0.3, -0.25) is 10.2 Å². The number of hydrogen-bond donors (Lipinski definition) is 3. The first-order valence-corrected chi connectivity index (χ1v) is 3.91. The van der Waals surface area contributed by atoms with Gasteiger partial charge in [-0.1, -0.05) is 11.6 Å². The minimum Gasteiger partial charge on any atom is -0.387 e. The number of nitrogens with zero attached hydrogens (tertiary/aromatic N) is 1. The van der Waals surface area contributed by atoms with Gasteiger partial charge in [0.05, 0.1) is 11.3 Å². The molecule has 70 valence electrons. The van der Waals surface area contributed by atoms with Crippen molar-refractivity contribution >= 4 is 23.2 Å². The third-order valence-electron chi connectivity index (χ3n) is 1.52. The van der Waals surface area contributed by atoms with Crippen LogP contribution in [-0.4, -0.2) is 17.9 Å². The van der Waals surface area contributed by atoms with Crippen molar-refractivity contribution in [2.24, 2.45) is 5.84 Å². The fraction of sp³-hybridized carbons (Fsp3) is 0.143. The van der Waals surface area contributed by atoms with Gasteiger partial charge in [-0.15, -0.1) is 0 Å². The molecule has 1 aromatic heterocycles. The highest BCUT2D eigenvalue weighted by molar-refractivity contribution is 6.29. The molecule has 0 aliphatic heterocycles. The first-order valence-electron chi connectivity index (χ1n) is 3.53. The molecule has 1 heterocycles. The highest BCUT2D eigenvalue weighted by Gasteiger charge is 2.09. The standard InChI is InChI=1S/C7H9ClN4O/c1-10-5-2-6(8)11-3-4(5)7(13)12-9/h2-3H,9H2,1H3,(H,10,11)(H,12,13). The zero-order valence-corrected chi connectivity index (χ0v) is 7.72. The maximum absolute atomic E-state index is 11.1. The lowest BCUT2D eigenvalue weighted by Gasteiger charge is -2.06. The van der Waals surface area contributed by atoms with Crippen LogP contribution in [0.1, 0.15) is 10.4 Å². The molecule has 1 amide bonds. The molecule has 4 N–H and O–H groups in total. The Labute approximate surface area is 80.3 Å². The maximum Gasteiger partial charge on any atom is 0.268 e. The number of nitrogens with one attached hydrogen (secondary N) is 2. The van der Waals surface area contributed by atoms with Crippen LogP contribution in [0.3, 0.4) is 0 Å². The van der Waals surface area contributed by atoms with Crippen molar-refractivity contribution in [1.82, 2.24) is 10.4 Å². The fourth-order valence-electron chi connectivity index (χ4n) is 0.895. The van der Waals surface area contributed by atoms with E-state index in [0.717, 1.165) is 0 Å². The number of carbonyl (C=O) groups excluding carboxylic acids is 1. The Balaban J connectivity index is 3.13. The molecule has 13 heavy (non-hydrogen) atoms. The second kappa shape index (κ2) is 4.06. The van der Waals surface area contributed by atoms with Crippen LogP contribution < -0.4 is 16.6 Å². The summed E-state index contributed by atoms with van der Waals surface area (Å²) in [7, 11) is 1.68. The van der Waals surface area contributed by atoms with Gasteiger partial charge in [-0.2, -0.15) is 0 Å². The molecule has 0 atom stereocenters. The first kappa shape index (κ1) is 9.76. The van der Waals surface area contributed by atoms with Crippen LogP contribution in [0, 0.1) is 0 Å². The summed E-state index contributed by atoms with van der Waals surface area (Å²) in [4.78, 5) is 14.9. The van der Waals surface area contributed by atoms with E-state index < -0.39 is 5.91 Å². The summed E-state index contributed by atoms with van der Waals surface area (Å²) in [5.74, 6) is 4.57. The van der Waals surface area contributed by atoms with Crippen LogP contribution >= 0.6 is 11.6 Å². The lowest BCUT2D eigenvalue weighted by molar-refractivity contribution is 0.0954. The van der Waals surface area contributed by atoms with Crippen molar-refractivity contribution in [2.75, 3.05) is 12.4 Å². The van der Waals surface area contributed by atoms with Crippen molar-refractivity contribution in [2.45, 2.75) is 0 Å². The Hall–Kier alpha value is -1.33. The second-order valence-corrected chi connectivity index (χ2v) is 2.66. The van der Waals surface area contributed by atoms with Gasteiger partial charge in [0.15, 0.2) is 0 Å². The average molecular weight is 201 g/mol. The Kier molecular flexibility index (Phi) is 3.05. The number of amides is 1. The topological polar surface area (TPSA) is 80.0 Å². The summed E-state index contributed by atoms with van der Waals surface area (Å²) in [6.45, 7) is 0. The van der Waals surface area contributed by atoms with Gasteiger partial charge < -0.3 is 5.32 Å². The Morgan fingerprint density at radius 3 is 2.92 bits per heavy atom. The van der Waals surface area contributed by atoms with Crippen LogP contribution in [0.2, 0.25) is 5.15 Å². The number of rotatable bonds is 2. The van der Waals surface area contributed by atoms with Crippen molar-refractivity contribution in [1.29, 1.82) is 0 Å². The van der Waals surface area contributed by atoms with E-state index in [2.05, 4.69) is 10.3 Å². The number of aromatic nitrogens is 1. The van der Waals surface area contributed by atoms with Gasteiger partial charge in [0, 0.05) is 13.2 Å². The molecule has 5 nitrogen and oxygen atoms in total. The molecular formula is C7H9ClN4O. The van der Waals surface area contributed by atoms with Gasteiger partial charge in [0.1, 0.15) is 5.15 Å². The summed E-state index contributed by atoms with van der Waals surface area (Å²) in [5, 5.41) is 3.13. The van der Waals surface area contributed by atoms with Crippen molar-refractivity contribution in [3.8, 4) is 0 Å². The molecule has 0 aliphatic carbocycles. The molecule has 1 rings (SSSR count). The molecule has 1 aromatic rings. The van der Waals surface area contributed by atoms with Crippen molar-refractivity contribution in [3.05, 3.63) is 23.0 Å². The van der Waals surface area contributed by atoms with E-state index >= 15 is 0 Å². The Morgan fingerprint density at radius 2 is 2.38 bits per heavy atom. The normalized spacial score (nSPS) is 9.46. The van der Waals surface area contributed by atoms with E-state index in [9.17, 15) is 4.79 Å². The second-order valence-electron chi connectivity index (χ2n) is 2.28. The van der Waals surface area contributed by atoms with E-state index in [1.54, 1.807) is 13.1 Å². The number of hydrogen-bond acceptors (Lipinski definition) is 4. The van der Waals surface area contributed by atoms with Crippen LogP contribution in [0.25, 0.3) is 0 Å². The number of nitrogen functional groups attached to an aromatic ring is 1. The van der Waals surface area contributed by atoms with E-state index in [0.29, 0.717) is 16.4 Å². The molecule has 0 unspecified atom stereocenters. The van der Waals surface area contributed by atoms with E-state index in [1.807, 2.05) is 5.43 Å². The lowest BCUT2D eigenvalue weighted by atomic mass is 10.2. The summed E-state index contributed by atoms with van der Waals surface area (Å²) in [6.07, 6.45) is 1.36. The SMILES string of the molecule is CNc1cc(Cl)ncc1C(=O)NN. The van der Waals surface area contributed by atoms with Crippen LogP contribution in [-0.2, 0) is 0 Å². The van der Waals surface area contributed by atoms with E-state index in [-0.39, 0.29) is 0 Å². The Morgan fingerprint density at radius 1 is 1.69 bits per heavy atom. The highest BCUT2D eigenvalue weighted by Crippen LogP contribution is 2.17. The summed E-state index contributed by atoms with van der Waals surface area (Å²) >= 11 is 5.63. The number of anilines is 1. The van der Waals surface area contributed by atoms with Gasteiger partial charge in [-0.25, -0.2) is 10.8 Å². The number of carbonyl (C=O) groups is 1. The van der Waals surface area contributed by atoms with Gasteiger partial charge in [0.25, 0.3) is 5.91 Å². The minimum atomic E-state index is -0.409. The molecule has 0 aromatic carbocycles. The molecule has 0 bridgehead atoms. The van der Waals surface area contributed by atoms with Crippen molar-refractivity contribution < 1.29 is 4.79 Å². The van der Waals surface area contributed by atoms with E-state index in [1.165, 1.54) is 6.20 Å². The molecule has 6 heteroatoms. The maximum atomic E-state index is 11.1. The molecular weight excluding hydrogens is 192 g/mol. The van der Waals surface area contributed by atoms with E-state index in [4.69, 9.17) is 17.4 Å². The summed E-state index contributed by atoms with van der Waals surface area (Å²) in [5.41, 5.74) is 2.96. The average Bonchev–Trinajstić information content (AvgIpc) is 2.16. The van der Waals surface area contributed by atoms with Gasteiger partial charge >= 0.3 is 0 Å². The quantitative estimate of drug-likeness (QED) is 0.279. The number of pyridine rings is 1. The Bertz CT molecular complexity index is 328. The largest absolute Gasteiger partial charge is 0.387 e. The van der Waals surface area contributed by atoms with Crippen LogP contribution in [0.5, 0.6) is 0 Å². The lowest BCUT2D eigenvalue weighted by Crippen LogP contribution is -2.30. The smallest absolute Gasteiger partial charge is 0.268 e. The van der Waals surface area contributed by atoms with Gasteiger partial charge in [0.2, 0.25) is 0 Å². The van der Waals surface area contributed by atoms with Crippen molar-refractivity contribution in [3.63, 3.8) is 0 Å². The summed E-state index contributed by atoms with van der Waals surface area (Å²) in [6, 6.07) is 1.55. The first-order chi connectivity index (χ1) is 6.19. The number of hydrazine groups is 1. The molecule has 0 saturated carbocycles. The van der Waals surface area contributed by atoms with Crippen LogP contribution in [0.15, 0.2) is 12.3 Å².